The van der Waals surface area contributed by atoms with Crippen molar-refractivity contribution in [2.24, 2.45) is 0 Å². The van der Waals surface area contributed by atoms with E-state index in [-0.39, 0.29) is 0 Å². The highest BCUT2D eigenvalue weighted by Gasteiger charge is 2.39. The largest absolute Gasteiger partial charge is 0.437 e. The van der Waals surface area contributed by atoms with Crippen LogP contribution in [0.1, 0.15) is 64.7 Å². The summed E-state index contributed by atoms with van der Waals surface area (Å²) in [4.78, 5) is 0. The lowest BCUT2D eigenvalue weighted by Gasteiger charge is -2.38. The van der Waals surface area contributed by atoms with E-state index in [1.54, 1.807) is 0 Å². The molecule has 0 fully saturated rings. The Balaban J connectivity index is 4.06. The van der Waals surface area contributed by atoms with Gasteiger partial charge in [-0.15, -0.1) is 0 Å². The first-order valence-electron chi connectivity index (χ1n) is 9.88. The van der Waals surface area contributed by atoms with Crippen LogP contribution in [0.2, 0.25) is 51.9 Å². The molecule has 140 valence electrons. The van der Waals surface area contributed by atoms with Crippen molar-refractivity contribution >= 4 is 25.2 Å². The summed E-state index contributed by atoms with van der Waals surface area (Å²) in [6.45, 7) is 18.4. The Bertz CT molecular complexity index is 280. The van der Waals surface area contributed by atoms with E-state index in [1.807, 2.05) is 0 Å². The standard InChI is InChI=1S/C18H44O2Si3/c1-9-10-11-12-13-14-15-16-17-18-23(8,19-21(2,3)4)20-22(5,6)7/h9-18H2,1-8H3. The zero-order valence-corrected chi connectivity index (χ0v) is 20.4. The van der Waals surface area contributed by atoms with Gasteiger partial charge in [0.2, 0.25) is 0 Å². The average Bonchev–Trinajstić information content (AvgIpc) is 2.32. The van der Waals surface area contributed by atoms with Crippen LogP contribution in [-0.2, 0) is 8.23 Å². The van der Waals surface area contributed by atoms with Crippen molar-refractivity contribution in [1.82, 2.24) is 0 Å². The molecule has 0 spiro atoms. The third-order valence-electron chi connectivity index (χ3n) is 3.78. The van der Waals surface area contributed by atoms with Gasteiger partial charge in [0.25, 0.3) is 0 Å². The van der Waals surface area contributed by atoms with Crippen LogP contribution in [-0.4, -0.2) is 25.2 Å². The molecule has 0 unspecified atom stereocenters. The summed E-state index contributed by atoms with van der Waals surface area (Å²) in [6, 6.07) is 1.18. The molecular weight excluding hydrogens is 332 g/mol. The van der Waals surface area contributed by atoms with Gasteiger partial charge in [0.15, 0.2) is 16.6 Å². The minimum absolute atomic E-state index is 1.18. The number of hydrogen-bond donors (Lipinski definition) is 0. The van der Waals surface area contributed by atoms with Gasteiger partial charge in [-0.3, -0.25) is 0 Å². The lowest BCUT2D eigenvalue weighted by Crippen LogP contribution is -2.52. The fraction of sp³-hybridized carbons (Fsp3) is 1.00. The highest BCUT2D eigenvalue weighted by atomic mass is 28.5. The summed E-state index contributed by atoms with van der Waals surface area (Å²) in [5, 5.41) is 0. The molecule has 23 heavy (non-hydrogen) atoms. The average molecular weight is 377 g/mol. The van der Waals surface area contributed by atoms with Crippen LogP contribution in [0.5, 0.6) is 0 Å². The minimum Gasteiger partial charge on any atom is -0.437 e. The van der Waals surface area contributed by atoms with Crippen molar-refractivity contribution in [3.05, 3.63) is 0 Å². The SMILES string of the molecule is CCCCCCCCCCC[Si](C)(O[Si](C)(C)C)O[Si](C)(C)C. The molecule has 0 aliphatic heterocycles. The Morgan fingerprint density at radius 3 is 1.22 bits per heavy atom. The Morgan fingerprint density at radius 2 is 0.870 bits per heavy atom. The first-order valence-corrected chi connectivity index (χ1v) is 19.2. The molecular formula is C18H44O2Si3. The van der Waals surface area contributed by atoms with Crippen molar-refractivity contribution in [1.29, 1.82) is 0 Å². The second-order valence-corrected chi connectivity index (χ2v) is 22.0. The van der Waals surface area contributed by atoms with Crippen molar-refractivity contribution in [2.75, 3.05) is 0 Å². The molecule has 0 atom stereocenters. The predicted octanol–water partition coefficient (Wildman–Crippen LogP) is 7.29. The maximum atomic E-state index is 6.56. The molecule has 0 saturated heterocycles. The van der Waals surface area contributed by atoms with E-state index < -0.39 is 25.2 Å². The van der Waals surface area contributed by atoms with Crippen LogP contribution in [0.3, 0.4) is 0 Å². The van der Waals surface area contributed by atoms with Gasteiger partial charge < -0.3 is 8.23 Å². The fourth-order valence-electron chi connectivity index (χ4n) is 3.18. The molecule has 2 nitrogen and oxygen atoms in total. The quantitative estimate of drug-likeness (QED) is 0.234. The third-order valence-corrected chi connectivity index (χ3v) is 13.4. The van der Waals surface area contributed by atoms with E-state index in [0.29, 0.717) is 0 Å². The van der Waals surface area contributed by atoms with Crippen LogP contribution in [0.4, 0.5) is 0 Å². The van der Waals surface area contributed by atoms with Crippen molar-refractivity contribution < 1.29 is 8.23 Å². The number of unbranched alkanes of at least 4 members (excludes halogenated alkanes) is 8. The highest BCUT2D eigenvalue weighted by molar-refractivity contribution is 6.87. The summed E-state index contributed by atoms with van der Waals surface area (Å²) >= 11 is 0. The zero-order valence-electron chi connectivity index (χ0n) is 17.4. The van der Waals surface area contributed by atoms with Gasteiger partial charge in [-0.2, -0.15) is 0 Å². The number of rotatable bonds is 14. The maximum absolute atomic E-state index is 6.56. The molecule has 0 aromatic heterocycles. The maximum Gasteiger partial charge on any atom is 0.314 e. The molecule has 0 radical (unpaired) electrons. The van der Waals surface area contributed by atoms with Gasteiger partial charge >= 0.3 is 8.56 Å². The smallest absolute Gasteiger partial charge is 0.314 e. The van der Waals surface area contributed by atoms with Crippen LogP contribution in [0.15, 0.2) is 0 Å². The zero-order chi connectivity index (χ0) is 18.0. The second-order valence-electron chi connectivity index (χ2n) is 9.14. The van der Waals surface area contributed by atoms with Crippen molar-refractivity contribution in [3.8, 4) is 0 Å². The molecule has 0 bridgehead atoms. The Labute approximate surface area is 150 Å². The third kappa shape index (κ3) is 15.8. The summed E-state index contributed by atoms with van der Waals surface area (Å²) in [6.07, 6.45) is 12.5. The van der Waals surface area contributed by atoms with E-state index >= 15 is 0 Å². The first kappa shape index (κ1) is 23.6. The first-order chi connectivity index (χ1) is 10.5. The fourth-order valence-corrected chi connectivity index (χ4v) is 15.8. The van der Waals surface area contributed by atoms with Gasteiger partial charge in [0.1, 0.15) is 0 Å². The van der Waals surface area contributed by atoms with E-state index in [4.69, 9.17) is 8.23 Å². The van der Waals surface area contributed by atoms with Gasteiger partial charge in [-0.1, -0.05) is 64.7 Å². The Morgan fingerprint density at radius 1 is 0.522 bits per heavy atom. The van der Waals surface area contributed by atoms with Crippen molar-refractivity contribution in [2.45, 2.75) is 117 Å². The van der Waals surface area contributed by atoms with Crippen LogP contribution in [0.25, 0.3) is 0 Å². The van der Waals surface area contributed by atoms with E-state index in [0.717, 1.165) is 0 Å². The van der Waals surface area contributed by atoms with Gasteiger partial charge in [0.05, 0.1) is 0 Å². The summed E-state index contributed by atoms with van der Waals surface area (Å²) in [7, 11) is -5.04. The molecule has 5 heteroatoms. The summed E-state index contributed by atoms with van der Waals surface area (Å²) in [5.41, 5.74) is 0. The normalized spacial score (nSPS) is 13.6. The predicted molar refractivity (Wildman–Crippen MR) is 113 cm³/mol. The molecule has 0 aromatic carbocycles. The van der Waals surface area contributed by atoms with Crippen LogP contribution < -0.4 is 0 Å². The monoisotopic (exact) mass is 376 g/mol. The van der Waals surface area contributed by atoms with E-state index in [9.17, 15) is 0 Å². The molecule has 0 aliphatic rings. The Hall–Kier alpha value is 0.571. The topological polar surface area (TPSA) is 18.5 Å². The summed E-state index contributed by atoms with van der Waals surface area (Å²) in [5.74, 6) is 0. The minimum atomic E-state index is -1.98. The Kier molecular flexibility index (Phi) is 11.5. The van der Waals surface area contributed by atoms with Crippen molar-refractivity contribution in [3.63, 3.8) is 0 Å². The van der Waals surface area contributed by atoms with Gasteiger partial charge in [-0.25, -0.2) is 0 Å². The molecule has 0 amide bonds. The molecule has 0 aliphatic carbocycles. The molecule has 0 rings (SSSR count). The lowest BCUT2D eigenvalue weighted by molar-refractivity contribution is 0.380. The lowest BCUT2D eigenvalue weighted by atomic mass is 10.1. The van der Waals surface area contributed by atoms with Crippen LogP contribution >= 0.6 is 0 Å². The van der Waals surface area contributed by atoms with E-state index in [2.05, 4.69) is 52.8 Å². The summed E-state index contributed by atoms with van der Waals surface area (Å²) < 4.78 is 13.1. The number of hydrogen-bond acceptors (Lipinski definition) is 2. The second kappa shape index (κ2) is 11.2. The molecule has 0 aromatic rings. The molecule has 0 N–H and O–H groups in total. The highest BCUT2D eigenvalue weighted by Crippen LogP contribution is 2.26. The van der Waals surface area contributed by atoms with Gasteiger partial charge in [-0.05, 0) is 51.9 Å². The molecule has 0 heterocycles. The van der Waals surface area contributed by atoms with E-state index in [1.165, 1.54) is 63.8 Å². The van der Waals surface area contributed by atoms with Gasteiger partial charge in [0, 0.05) is 0 Å². The van der Waals surface area contributed by atoms with Crippen LogP contribution in [0, 0.1) is 0 Å². The molecule has 0 saturated carbocycles.